The minimum absolute atomic E-state index is 0.0531. The lowest BCUT2D eigenvalue weighted by Crippen LogP contribution is -2.57. The Hall–Kier alpha value is -1.15. The molecule has 1 aliphatic rings. The lowest BCUT2D eigenvalue weighted by atomic mass is 9.92. The van der Waals surface area contributed by atoms with Crippen LogP contribution < -0.4 is 4.72 Å². The molecule has 0 aliphatic carbocycles. The topological polar surface area (TPSA) is 104 Å². The monoisotopic (exact) mass is 320 g/mol. The van der Waals surface area contributed by atoms with Crippen molar-refractivity contribution in [2.24, 2.45) is 0 Å². The van der Waals surface area contributed by atoms with Crippen molar-refractivity contribution in [2.75, 3.05) is 12.3 Å². The number of hydrogen-bond acceptors (Lipinski definition) is 4. The highest BCUT2D eigenvalue weighted by Gasteiger charge is 2.49. The van der Waals surface area contributed by atoms with Crippen LogP contribution in [-0.4, -0.2) is 54.2 Å². The first-order valence-electron chi connectivity index (χ1n) is 7.25. The molecule has 8 heteroatoms. The highest BCUT2D eigenvalue weighted by atomic mass is 32.2. The van der Waals surface area contributed by atoms with Gasteiger partial charge in [-0.2, -0.15) is 0 Å². The summed E-state index contributed by atoms with van der Waals surface area (Å²) >= 11 is 0. The summed E-state index contributed by atoms with van der Waals surface area (Å²) in [5.74, 6) is -1.56. The number of rotatable bonds is 7. The number of amides is 1. The van der Waals surface area contributed by atoms with E-state index in [0.717, 1.165) is 0 Å². The van der Waals surface area contributed by atoms with Gasteiger partial charge in [-0.05, 0) is 32.6 Å². The zero-order valence-corrected chi connectivity index (χ0v) is 13.6. The smallest absolute Gasteiger partial charge is 0.329 e. The van der Waals surface area contributed by atoms with Crippen LogP contribution in [-0.2, 0) is 19.6 Å². The molecular formula is C13H24N2O5S. The van der Waals surface area contributed by atoms with Crippen LogP contribution in [0.4, 0.5) is 0 Å². The van der Waals surface area contributed by atoms with E-state index in [1.807, 2.05) is 0 Å². The molecule has 2 atom stereocenters. The van der Waals surface area contributed by atoms with Gasteiger partial charge in [-0.15, -0.1) is 0 Å². The molecule has 1 aliphatic heterocycles. The molecule has 0 saturated carbocycles. The molecular weight excluding hydrogens is 296 g/mol. The van der Waals surface area contributed by atoms with Crippen LogP contribution in [0, 0.1) is 0 Å². The molecule has 2 N–H and O–H groups in total. The molecule has 122 valence electrons. The van der Waals surface area contributed by atoms with E-state index in [4.69, 9.17) is 0 Å². The van der Waals surface area contributed by atoms with Gasteiger partial charge in [0.2, 0.25) is 15.9 Å². The molecule has 0 aromatic heterocycles. The summed E-state index contributed by atoms with van der Waals surface area (Å²) in [6.07, 6.45) is 1.77. The Morgan fingerprint density at radius 3 is 2.48 bits per heavy atom. The SMILES string of the molecule is CCCS(=O)(=O)NC(C)C(=O)N1CCCC1(CC)C(=O)O. The van der Waals surface area contributed by atoms with Gasteiger partial charge in [-0.1, -0.05) is 13.8 Å². The third-order valence-corrected chi connectivity index (χ3v) is 5.60. The number of likely N-dealkylation sites (tertiary alicyclic amines) is 1. The van der Waals surface area contributed by atoms with Crippen LogP contribution in [0.3, 0.4) is 0 Å². The van der Waals surface area contributed by atoms with Crippen LogP contribution in [0.5, 0.6) is 0 Å². The summed E-state index contributed by atoms with van der Waals surface area (Å²) < 4.78 is 25.8. The minimum Gasteiger partial charge on any atom is -0.479 e. The summed E-state index contributed by atoms with van der Waals surface area (Å²) in [6, 6.07) is -0.954. The molecule has 2 unspecified atom stereocenters. The van der Waals surface area contributed by atoms with E-state index in [0.29, 0.717) is 32.2 Å². The number of nitrogens with zero attached hydrogens (tertiary/aromatic N) is 1. The number of sulfonamides is 1. The fourth-order valence-electron chi connectivity index (χ4n) is 2.82. The molecule has 1 heterocycles. The Bertz CT molecular complexity index is 505. The third-order valence-electron chi connectivity index (χ3n) is 3.94. The van der Waals surface area contributed by atoms with Crippen molar-refractivity contribution in [3.05, 3.63) is 0 Å². The molecule has 1 saturated heterocycles. The highest BCUT2D eigenvalue weighted by Crippen LogP contribution is 2.33. The molecule has 1 rings (SSSR count). The molecule has 21 heavy (non-hydrogen) atoms. The lowest BCUT2D eigenvalue weighted by Gasteiger charge is -2.35. The van der Waals surface area contributed by atoms with Crippen molar-refractivity contribution in [1.82, 2.24) is 9.62 Å². The van der Waals surface area contributed by atoms with Gasteiger partial charge < -0.3 is 10.0 Å². The number of carbonyl (C=O) groups excluding carboxylic acids is 1. The Morgan fingerprint density at radius 1 is 1.38 bits per heavy atom. The quantitative estimate of drug-likeness (QED) is 0.713. The standard InChI is InChI=1S/C13H24N2O5S/c1-4-9-21(19,20)14-10(3)11(16)15-8-6-7-13(15,5-2)12(17)18/h10,14H,4-9H2,1-3H3,(H,17,18). The molecule has 1 fully saturated rings. The average Bonchev–Trinajstić information content (AvgIpc) is 2.81. The third kappa shape index (κ3) is 3.74. The minimum atomic E-state index is -3.51. The molecule has 7 nitrogen and oxygen atoms in total. The Morgan fingerprint density at radius 2 is 2.00 bits per heavy atom. The van der Waals surface area contributed by atoms with Gasteiger partial charge in [-0.3, -0.25) is 4.79 Å². The number of hydrogen-bond donors (Lipinski definition) is 2. The second kappa shape index (κ2) is 6.74. The van der Waals surface area contributed by atoms with Gasteiger partial charge in [0.15, 0.2) is 0 Å². The number of carbonyl (C=O) groups is 2. The first-order chi connectivity index (χ1) is 9.70. The largest absolute Gasteiger partial charge is 0.479 e. The highest BCUT2D eigenvalue weighted by molar-refractivity contribution is 7.89. The number of carboxylic acids is 1. The zero-order chi connectivity index (χ0) is 16.3. The average molecular weight is 320 g/mol. The first-order valence-corrected chi connectivity index (χ1v) is 8.90. The van der Waals surface area contributed by atoms with Gasteiger partial charge >= 0.3 is 5.97 Å². The molecule has 0 aromatic carbocycles. The van der Waals surface area contributed by atoms with E-state index in [9.17, 15) is 23.1 Å². The van der Waals surface area contributed by atoms with Crippen LogP contribution >= 0.6 is 0 Å². The van der Waals surface area contributed by atoms with E-state index in [2.05, 4.69) is 4.72 Å². The molecule has 0 bridgehead atoms. The van der Waals surface area contributed by atoms with Gasteiger partial charge in [0, 0.05) is 6.54 Å². The zero-order valence-electron chi connectivity index (χ0n) is 12.8. The Balaban J connectivity index is 2.89. The molecule has 0 spiro atoms. The molecule has 1 amide bonds. The van der Waals surface area contributed by atoms with E-state index >= 15 is 0 Å². The summed E-state index contributed by atoms with van der Waals surface area (Å²) in [6.45, 7) is 5.26. The maximum atomic E-state index is 12.4. The van der Waals surface area contributed by atoms with Crippen LogP contribution in [0.25, 0.3) is 0 Å². The van der Waals surface area contributed by atoms with Crippen LogP contribution in [0.1, 0.15) is 46.5 Å². The number of aliphatic carboxylic acids is 1. The second-order valence-electron chi connectivity index (χ2n) is 5.44. The predicted molar refractivity (Wildman–Crippen MR) is 78.3 cm³/mol. The van der Waals surface area contributed by atoms with Crippen LogP contribution in [0.15, 0.2) is 0 Å². The van der Waals surface area contributed by atoms with Crippen molar-refractivity contribution in [3.63, 3.8) is 0 Å². The van der Waals surface area contributed by atoms with Crippen molar-refractivity contribution in [3.8, 4) is 0 Å². The van der Waals surface area contributed by atoms with Crippen molar-refractivity contribution < 1.29 is 23.1 Å². The number of carboxylic acid groups (broad SMARTS) is 1. The fourth-order valence-corrected chi connectivity index (χ4v) is 4.12. The van der Waals surface area contributed by atoms with E-state index < -0.39 is 33.5 Å². The Kier molecular flexibility index (Phi) is 5.75. The van der Waals surface area contributed by atoms with Crippen molar-refractivity contribution in [1.29, 1.82) is 0 Å². The predicted octanol–water partition coefficient (Wildman–Crippen LogP) is 0.560. The van der Waals surface area contributed by atoms with E-state index in [-0.39, 0.29) is 5.75 Å². The summed E-state index contributed by atoms with van der Waals surface area (Å²) in [7, 11) is -3.51. The van der Waals surface area contributed by atoms with Gasteiger partial charge in [0.25, 0.3) is 0 Å². The molecule has 0 aromatic rings. The summed E-state index contributed by atoms with van der Waals surface area (Å²) in [4.78, 5) is 25.3. The fraction of sp³-hybridized carbons (Fsp3) is 0.846. The van der Waals surface area contributed by atoms with Crippen molar-refractivity contribution >= 4 is 21.9 Å². The summed E-state index contributed by atoms with van der Waals surface area (Å²) in [5, 5.41) is 9.45. The second-order valence-corrected chi connectivity index (χ2v) is 7.32. The first kappa shape index (κ1) is 17.9. The Labute approximate surface area is 125 Å². The molecule has 0 radical (unpaired) electrons. The van der Waals surface area contributed by atoms with Gasteiger partial charge in [0.05, 0.1) is 11.8 Å². The van der Waals surface area contributed by atoms with Crippen LogP contribution in [0.2, 0.25) is 0 Å². The van der Waals surface area contributed by atoms with E-state index in [1.54, 1.807) is 13.8 Å². The van der Waals surface area contributed by atoms with Crippen molar-refractivity contribution in [2.45, 2.75) is 58.0 Å². The maximum Gasteiger partial charge on any atom is 0.329 e. The van der Waals surface area contributed by atoms with E-state index in [1.165, 1.54) is 11.8 Å². The maximum absolute atomic E-state index is 12.4. The van der Waals surface area contributed by atoms with Gasteiger partial charge in [-0.25, -0.2) is 17.9 Å². The lowest BCUT2D eigenvalue weighted by molar-refractivity contribution is -0.157. The van der Waals surface area contributed by atoms with Gasteiger partial charge in [0.1, 0.15) is 5.54 Å². The number of nitrogens with one attached hydrogen (secondary N) is 1. The normalized spacial score (nSPS) is 24.0. The summed E-state index contributed by atoms with van der Waals surface area (Å²) in [5.41, 5.74) is -1.21.